The highest BCUT2D eigenvalue weighted by Gasteiger charge is 2.06. The van der Waals surface area contributed by atoms with Crippen LogP contribution in [0, 0.1) is 12.7 Å². The third kappa shape index (κ3) is 2.07. The summed E-state index contributed by atoms with van der Waals surface area (Å²) in [4.78, 5) is 0. The van der Waals surface area contributed by atoms with E-state index in [2.05, 4.69) is 10.3 Å². The van der Waals surface area contributed by atoms with E-state index < -0.39 is 0 Å². The number of rotatable bonds is 1. The second-order valence-electron chi connectivity index (χ2n) is 2.95. The van der Waals surface area contributed by atoms with Gasteiger partial charge in [0.25, 0.3) is 0 Å². The minimum Gasteiger partial charge on any atom is -0.381 e. The molecule has 0 saturated carbocycles. The molecular weight excluding hydrogens is 219 g/mol. The van der Waals surface area contributed by atoms with Crippen molar-refractivity contribution in [3.63, 3.8) is 0 Å². The standard InChI is InChI=1S/C9H9FN4.ClH/c1-6-9(11)12-13-14(6)8-4-2-7(10)3-5-8;/h2-5H,11H2,1H3;1H. The predicted octanol–water partition coefficient (Wildman–Crippen LogP) is 1.72. The van der Waals surface area contributed by atoms with E-state index >= 15 is 0 Å². The molecule has 2 aromatic rings. The zero-order chi connectivity index (χ0) is 10.1. The molecule has 0 aliphatic heterocycles. The second-order valence-corrected chi connectivity index (χ2v) is 2.95. The van der Waals surface area contributed by atoms with Crippen LogP contribution in [0.4, 0.5) is 10.2 Å². The summed E-state index contributed by atoms with van der Waals surface area (Å²) < 4.78 is 14.2. The molecule has 6 heteroatoms. The highest BCUT2D eigenvalue weighted by atomic mass is 35.5. The van der Waals surface area contributed by atoms with E-state index in [0.717, 1.165) is 11.4 Å². The Balaban J connectivity index is 0.00000112. The number of nitrogen functional groups attached to an aromatic ring is 1. The van der Waals surface area contributed by atoms with E-state index in [9.17, 15) is 4.39 Å². The number of nitrogens with two attached hydrogens (primary N) is 1. The first-order valence-electron chi connectivity index (χ1n) is 4.12. The van der Waals surface area contributed by atoms with Crippen molar-refractivity contribution in [1.82, 2.24) is 15.0 Å². The van der Waals surface area contributed by atoms with Gasteiger partial charge in [0.1, 0.15) is 5.82 Å². The van der Waals surface area contributed by atoms with Crippen LogP contribution in [0.15, 0.2) is 24.3 Å². The van der Waals surface area contributed by atoms with Gasteiger partial charge in [0.15, 0.2) is 5.82 Å². The van der Waals surface area contributed by atoms with Crippen molar-refractivity contribution >= 4 is 18.2 Å². The van der Waals surface area contributed by atoms with Gasteiger partial charge in [0, 0.05) is 0 Å². The third-order valence-corrected chi connectivity index (χ3v) is 2.00. The van der Waals surface area contributed by atoms with Crippen molar-refractivity contribution < 1.29 is 4.39 Å². The Hall–Kier alpha value is -1.62. The molecule has 0 saturated heterocycles. The monoisotopic (exact) mass is 228 g/mol. The summed E-state index contributed by atoms with van der Waals surface area (Å²) in [5.74, 6) is 0.105. The Morgan fingerprint density at radius 1 is 1.27 bits per heavy atom. The molecule has 2 N–H and O–H groups in total. The summed E-state index contributed by atoms with van der Waals surface area (Å²) in [6.07, 6.45) is 0. The average Bonchev–Trinajstić information content (AvgIpc) is 2.50. The minimum atomic E-state index is -0.278. The van der Waals surface area contributed by atoms with E-state index in [1.54, 1.807) is 23.7 Å². The van der Waals surface area contributed by atoms with Gasteiger partial charge in [-0.25, -0.2) is 9.07 Å². The second kappa shape index (κ2) is 4.27. The lowest BCUT2D eigenvalue weighted by atomic mass is 10.3. The quantitative estimate of drug-likeness (QED) is 0.809. The molecule has 0 bridgehead atoms. The lowest BCUT2D eigenvalue weighted by molar-refractivity contribution is 0.626. The Kier molecular flexibility index (Phi) is 3.26. The van der Waals surface area contributed by atoms with Gasteiger partial charge in [-0.1, -0.05) is 5.21 Å². The lowest BCUT2D eigenvalue weighted by Gasteiger charge is -2.01. The van der Waals surface area contributed by atoms with Crippen molar-refractivity contribution in [3.8, 4) is 5.69 Å². The number of nitrogens with zero attached hydrogens (tertiary/aromatic N) is 3. The topological polar surface area (TPSA) is 56.7 Å². The summed E-state index contributed by atoms with van der Waals surface area (Å²) >= 11 is 0. The fourth-order valence-electron chi connectivity index (χ4n) is 1.17. The summed E-state index contributed by atoms with van der Waals surface area (Å²) in [7, 11) is 0. The number of benzene rings is 1. The molecule has 1 aromatic carbocycles. The van der Waals surface area contributed by atoms with Crippen LogP contribution in [-0.2, 0) is 0 Å². The molecule has 0 unspecified atom stereocenters. The van der Waals surface area contributed by atoms with Crippen molar-refractivity contribution in [2.24, 2.45) is 0 Å². The van der Waals surface area contributed by atoms with Crippen LogP contribution in [0.3, 0.4) is 0 Å². The van der Waals surface area contributed by atoms with Gasteiger partial charge in [-0.3, -0.25) is 0 Å². The Morgan fingerprint density at radius 3 is 2.33 bits per heavy atom. The average molecular weight is 229 g/mol. The third-order valence-electron chi connectivity index (χ3n) is 2.00. The fourth-order valence-corrected chi connectivity index (χ4v) is 1.17. The van der Waals surface area contributed by atoms with Gasteiger partial charge < -0.3 is 5.73 Å². The smallest absolute Gasteiger partial charge is 0.169 e. The highest BCUT2D eigenvalue weighted by Crippen LogP contribution is 2.13. The van der Waals surface area contributed by atoms with Gasteiger partial charge in [-0.15, -0.1) is 17.5 Å². The van der Waals surface area contributed by atoms with E-state index in [1.165, 1.54) is 12.1 Å². The normalized spacial score (nSPS) is 9.73. The SMILES string of the molecule is Cc1c(N)nnn1-c1ccc(F)cc1.Cl. The first kappa shape index (κ1) is 11.5. The molecule has 0 aliphatic rings. The molecular formula is C9H10ClFN4. The summed E-state index contributed by atoms with van der Waals surface area (Å²) in [5, 5.41) is 7.55. The molecule has 0 amide bonds. The molecule has 2 rings (SSSR count). The highest BCUT2D eigenvalue weighted by molar-refractivity contribution is 5.85. The molecule has 80 valence electrons. The number of aromatic nitrogens is 3. The largest absolute Gasteiger partial charge is 0.381 e. The maximum atomic E-state index is 12.6. The Labute approximate surface area is 92.3 Å². The zero-order valence-electron chi connectivity index (χ0n) is 8.01. The zero-order valence-corrected chi connectivity index (χ0v) is 8.83. The van der Waals surface area contributed by atoms with E-state index in [-0.39, 0.29) is 18.2 Å². The van der Waals surface area contributed by atoms with Gasteiger partial charge in [0.05, 0.1) is 11.4 Å². The van der Waals surface area contributed by atoms with Crippen LogP contribution in [0.25, 0.3) is 5.69 Å². The van der Waals surface area contributed by atoms with Crippen LogP contribution in [0.2, 0.25) is 0 Å². The molecule has 4 nitrogen and oxygen atoms in total. The number of hydrogen-bond donors (Lipinski definition) is 1. The maximum Gasteiger partial charge on any atom is 0.169 e. The molecule has 0 radical (unpaired) electrons. The van der Waals surface area contributed by atoms with Crippen LogP contribution >= 0.6 is 12.4 Å². The summed E-state index contributed by atoms with van der Waals surface area (Å²) in [5.41, 5.74) is 7.03. The van der Waals surface area contributed by atoms with Crippen molar-refractivity contribution in [2.45, 2.75) is 6.92 Å². The van der Waals surface area contributed by atoms with E-state index in [0.29, 0.717) is 5.82 Å². The molecule has 0 atom stereocenters. The molecule has 0 fully saturated rings. The van der Waals surface area contributed by atoms with Crippen LogP contribution in [-0.4, -0.2) is 15.0 Å². The molecule has 0 aliphatic carbocycles. The van der Waals surface area contributed by atoms with Crippen molar-refractivity contribution in [3.05, 3.63) is 35.8 Å². The number of hydrogen-bond acceptors (Lipinski definition) is 3. The van der Waals surface area contributed by atoms with Crippen molar-refractivity contribution in [1.29, 1.82) is 0 Å². The van der Waals surface area contributed by atoms with Crippen LogP contribution in [0.5, 0.6) is 0 Å². The molecule has 15 heavy (non-hydrogen) atoms. The summed E-state index contributed by atoms with van der Waals surface area (Å²) in [6, 6.07) is 5.98. The molecule has 1 heterocycles. The van der Waals surface area contributed by atoms with Crippen LogP contribution in [0.1, 0.15) is 5.69 Å². The van der Waals surface area contributed by atoms with Crippen molar-refractivity contribution in [2.75, 3.05) is 5.73 Å². The first-order valence-corrected chi connectivity index (χ1v) is 4.12. The Morgan fingerprint density at radius 2 is 1.87 bits per heavy atom. The lowest BCUT2D eigenvalue weighted by Crippen LogP contribution is -1.99. The maximum absolute atomic E-state index is 12.6. The Bertz CT molecular complexity index is 452. The molecule has 0 spiro atoms. The minimum absolute atomic E-state index is 0. The number of halogens is 2. The van der Waals surface area contributed by atoms with Gasteiger partial charge in [0.2, 0.25) is 0 Å². The van der Waals surface area contributed by atoms with E-state index in [1.807, 2.05) is 0 Å². The first-order chi connectivity index (χ1) is 6.68. The van der Waals surface area contributed by atoms with E-state index in [4.69, 9.17) is 5.73 Å². The van der Waals surface area contributed by atoms with Crippen LogP contribution < -0.4 is 5.73 Å². The fraction of sp³-hybridized carbons (Fsp3) is 0.111. The summed E-state index contributed by atoms with van der Waals surface area (Å²) in [6.45, 7) is 1.80. The van der Waals surface area contributed by atoms with Gasteiger partial charge >= 0.3 is 0 Å². The van der Waals surface area contributed by atoms with Gasteiger partial charge in [-0.2, -0.15) is 0 Å². The predicted molar refractivity (Wildman–Crippen MR) is 57.7 cm³/mol. The molecule has 1 aromatic heterocycles. The number of anilines is 1. The van der Waals surface area contributed by atoms with Gasteiger partial charge in [-0.05, 0) is 31.2 Å².